The maximum atomic E-state index is 12.2. The Kier molecular flexibility index (Phi) is 5.53. The Morgan fingerprint density at radius 2 is 1.54 bits per heavy atom. The highest BCUT2D eigenvalue weighted by atomic mass is 35.5. The monoisotopic (exact) mass is 371 g/mol. The molecule has 0 bridgehead atoms. The minimum atomic E-state index is -0.303. The van der Waals surface area contributed by atoms with Crippen molar-refractivity contribution in [2.24, 2.45) is 0 Å². The van der Waals surface area contributed by atoms with Gasteiger partial charge in [-0.25, -0.2) is 4.79 Å². The van der Waals surface area contributed by atoms with Crippen molar-refractivity contribution in [3.05, 3.63) is 70.2 Å². The number of rotatable bonds is 6. The third-order valence-corrected chi connectivity index (χ3v) is 4.34. The molecular formula is C19H18ClN3O3. The summed E-state index contributed by atoms with van der Waals surface area (Å²) in [5, 5.41) is 6.10. The van der Waals surface area contributed by atoms with Crippen molar-refractivity contribution in [1.29, 1.82) is 0 Å². The first kappa shape index (κ1) is 17.9. The van der Waals surface area contributed by atoms with Crippen LogP contribution >= 0.6 is 11.6 Å². The number of imide groups is 1. The molecular weight excluding hydrogens is 354 g/mol. The van der Waals surface area contributed by atoms with Gasteiger partial charge in [0.25, 0.3) is 11.8 Å². The highest BCUT2D eigenvalue weighted by Gasteiger charge is 2.34. The third-order valence-electron chi connectivity index (χ3n) is 4.09. The van der Waals surface area contributed by atoms with Crippen molar-refractivity contribution < 1.29 is 14.4 Å². The predicted molar refractivity (Wildman–Crippen MR) is 98.1 cm³/mol. The first-order valence-corrected chi connectivity index (χ1v) is 8.65. The summed E-state index contributed by atoms with van der Waals surface area (Å²) in [5.41, 5.74) is 1.81. The fraction of sp³-hybridized carbons (Fsp3) is 0.211. The Bertz CT molecular complexity index is 801. The Labute approximate surface area is 156 Å². The minimum absolute atomic E-state index is 0.268. The quantitative estimate of drug-likeness (QED) is 0.605. The number of benzene rings is 2. The van der Waals surface area contributed by atoms with E-state index in [0.717, 1.165) is 5.56 Å². The van der Waals surface area contributed by atoms with E-state index in [1.165, 1.54) is 4.90 Å². The zero-order chi connectivity index (χ0) is 18.5. The summed E-state index contributed by atoms with van der Waals surface area (Å²) < 4.78 is 0. The molecule has 0 aliphatic carbocycles. The van der Waals surface area contributed by atoms with E-state index in [9.17, 15) is 14.4 Å². The van der Waals surface area contributed by atoms with Gasteiger partial charge >= 0.3 is 6.03 Å². The highest BCUT2D eigenvalue weighted by molar-refractivity contribution is 6.30. The number of nitrogens with one attached hydrogen (secondary N) is 2. The maximum absolute atomic E-state index is 12.2. The van der Waals surface area contributed by atoms with E-state index in [-0.39, 0.29) is 24.4 Å². The second kappa shape index (κ2) is 8.01. The molecule has 0 unspecified atom stereocenters. The van der Waals surface area contributed by atoms with E-state index in [0.29, 0.717) is 35.7 Å². The molecule has 6 nitrogen and oxygen atoms in total. The average Bonchev–Trinajstić information content (AvgIpc) is 2.89. The Morgan fingerprint density at radius 1 is 0.923 bits per heavy atom. The molecule has 0 radical (unpaired) electrons. The lowest BCUT2D eigenvalue weighted by atomic mass is 10.1. The van der Waals surface area contributed by atoms with Crippen LogP contribution in [-0.2, 0) is 6.54 Å². The molecule has 0 saturated heterocycles. The van der Waals surface area contributed by atoms with Gasteiger partial charge in [0.05, 0.1) is 11.1 Å². The molecule has 26 heavy (non-hydrogen) atoms. The SMILES string of the molecule is O=C(NCCCN1C(=O)c2ccccc2C1=O)NCc1ccc(Cl)cc1. The van der Waals surface area contributed by atoms with E-state index in [4.69, 9.17) is 11.6 Å². The predicted octanol–water partition coefficient (Wildman–Crippen LogP) is 2.83. The highest BCUT2D eigenvalue weighted by Crippen LogP contribution is 2.22. The molecule has 0 aromatic heterocycles. The molecule has 2 aromatic carbocycles. The van der Waals surface area contributed by atoms with E-state index in [2.05, 4.69) is 10.6 Å². The van der Waals surface area contributed by atoms with Crippen LogP contribution in [0.4, 0.5) is 4.79 Å². The average molecular weight is 372 g/mol. The van der Waals surface area contributed by atoms with Crippen LogP contribution in [0.5, 0.6) is 0 Å². The third kappa shape index (κ3) is 4.03. The molecule has 4 amide bonds. The van der Waals surface area contributed by atoms with Gasteiger partial charge in [-0.05, 0) is 36.2 Å². The smallest absolute Gasteiger partial charge is 0.315 e. The first-order chi connectivity index (χ1) is 12.6. The Balaban J connectivity index is 1.39. The van der Waals surface area contributed by atoms with Gasteiger partial charge in [-0.1, -0.05) is 35.9 Å². The number of fused-ring (bicyclic) bond motifs is 1. The second-order valence-corrected chi connectivity index (χ2v) is 6.33. The number of amides is 4. The van der Waals surface area contributed by atoms with Crippen molar-refractivity contribution >= 4 is 29.4 Å². The lowest BCUT2D eigenvalue weighted by Gasteiger charge is -2.14. The van der Waals surface area contributed by atoms with Gasteiger partial charge in [-0.3, -0.25) is 14.5 Å². The fourth-order valence-corrected chi connectivity index (χ4v) is 2.85. The molecule has 3 rings (SSSR count). The Morgan fingerprint density at radius 3 is 2.15 bits per heavy atom. The number of hydrogen-bond acceptors (Lipinski definition) is 3. The molecule has 2 aromatic rings. The van der Waals surface area contributed by atoms with Crippen LogP contribution in [0.25, 0.3) is 0 Å². The molecule has 7 heteroatoms. The summed E-state index contributed by atoms with van der Waals surface area (Å²) in [6.45, 7) is 1.02. The van der Waals surface area contributed by atoms with Crippen LogP contribution in [0.1, 0.15) is 32.7 Å². The van der Waals surface area contributed by atoms with Crippen LogP contribution in [0, 0.1) is 0 Å². The topological polar surface area (TPSA) is 78.5 Å². The molecule has 0 fully saturated rings. The number of hydrogen-bond donors (Lipinski definition) is 2. The summed E-state index contributed by atoms with van der Waals surface area (Å²) in [6.07, 6.45) is 0.486. The largest absolute Gasteiger partial charge is 0.338 e. The van der Waals surface area contributed by atoms with Crippen molar-refractivity contribution in [2.75, 3.05) is 13.1 Å². The lowest BCUT2D eigenvalue weighted by Crippen LogP contribution is -2.37. The van der Waals surface area contributed by atoms with E-state index < -0.39 is 0 Å². The van der Waals surface area contributed by atoms with Gasteiger partial charge in [0.2, 0.25) is 0 Å². The van der Waals surface area contributed by atoms with Crippen LogP contribution in [0.2, 0.25) is 5.02 Å². The maximum Gasteiger partial charge on any atom is 0.315 e. The zero-order valence-electron chi connectivity index (χ0n) is 14.0. The van der Waals surface area contributed by atoms with Gasteiger partial charge < -0.3 is 10.6 Å². The number of nitrogens with zero attached hydrogens (tertiary/aromatic N) is 1. The van der Waals surface area contributed by atoms with Gasteiger partial charge in [-0.15, -0.1) is 0 Å². The molecule has 0 saturated carbocycles. The summed E-state index contributed by atoms with van der Waals surface area (Å²) in [7, 11) is 0. The molecule has 134 valence electrons. The van der Waals surface area contributed by atoms with Crippen LogP contribution < -0.4 is 10.6 Å². The molecule has 1 aliphatic rings. The molecule has 1 aliphatic heterocycles. The summed E-state index contributed by atoms with van der Waals surface area (Å²) in [4.78, 5) is 37.4. The standard InChI is InChI=1S/C19H18ClN3O3/c20-14-8-6-13(7-9-14)12-22-19(26)21-10-3-11-23-17(24)15-4-1-2-5-16(15)18(23)25/h1-2,4-9H,3,10-12H2,(H2,21,22,26). The number of halogens is 1. The van der Waals surface area contributed by atoms with E-state index in [1.807, 2.05) is 12.1 Å². The van der Waals surface area contributed by atoms with Gasteiger partial charge in [0.15, 0.2) is 0 Å². The Hall–Kier alpha value is -2.86. The second-order valence-electron chi connectivity index (χ2n) is 5.90. The van der Waals surface area contributed by atoms with Crippen LogP contribution in [-0.4, -0.2) is 35.8 Å². The molecule has 0 atom stereocenters. The molecule has 2 N–H and O–H groups in total. The number of carbonyl (C=O) groups is 3. The lowest BCUT2D eigenvalue weighted by molar-refractivity contribution is 0.0653. The van der Waals surface area contributed by atoms with Gasteiger partial charge in [0.1, 0.15) is 0 Å². The fourth-order valence-electron chi connectivity index (χ4n) is 2.73. The van der Waals surface area contributed by atoms with E-state index in [1.54, 1.807) is 36.4 Å². The number of carbonyl (C=O) groups excluding carboxylic acids is 3. The van der Waals surface area contributed by atoms with Gasteiger partial charge in [-0.2, -0.15) is 0 Å². The molecule has 1 heterocycles. The normalized spacial score (nSPS) is 12.9. The number of urea groups is 1. The van der Waals surface area contributed by atoms with Crippen molar-refractivity contribution in [3.63, 3.8) is 0 Å². The summed E-state index contributed by atoms with van der Waals surface area (Å²) in [5.74, 6) is -0.560. The van der Waals surface area contributed by atoms with Crippen molar-refractivity contribution in [2.45, 2.75) is 13.0 Å². The van der Waals surface area contributed by atoms with Crippen molar-refractivity contribution in [3.8, 4) is 0 Å². The van der Waals surface area contributed by atoms with Crippen LogP contribution in [0.3, 0.4) is 0 Å². The van der Waals surface area contributed by atoms with E-state index >= 15 is 0 Å². The first-order valence-electron chi connectivity index (χ1n) is 8.27. The zero-order valence-corrected chi connectivity index (χ0v) is 14.8. The van der Waals surface area contributed by atoms with Gasteiger partial charge in [0, 0.05) is 24.7 Å². The summed E-state index contributed by atoms with van der Waals surface area (Å²) >= 11 is 5.81. The van der Waals surface area contributed by atoms with Crippen molar-refractivity contribution in [1.82, 2.24) is 15.5 Å². The minimum Gasteiger partial charge on any atom is -0.338 e. The molecule has 0 spiro atoms. The summed E-state index contributed by atoms with van der Waals surface area (Å²) in [6, 6.07) is 13.7. The van der Waals surface area contributed by atoms with Crippen LogP contribution in [0.15, 0.2) is 48.5 Å².